The normalized spacial score (nSPS) is 11.8. The number of nitrogens with one attached hydrogen (secondary N) is 1. The highest BCUT2D eigenvalue weighted by Crippen LogP contribution is 2.32. The number of thioether (sulfide) groups is 1. The number of fused-ring (bicyclic) bond motifs is 1. The van der Waals surface area contributed by atoms with E-state index in [1.54, 1.807) is 44.4 Å². The number of carbonyl (C=O) groups is 1. The summed E-state index contributed by atoms with van der Waals surface area (Å²) in [6, 6.07) is 16.7. The Labute approximate surface area is 197 Å². The number of aromatic nitrogens is 3. The summed E-state index contributed by atoms with van der Waals surface area (Å²) >= 11 is 1.59. The van der Waals surface area contributed by atoms with Crippen LogP contribution in [0.4, 0.5) is 5.69 Å². The Hall–Kier alpha value is -3.52. The Morgan fingerprint density at radius 1 is 1.09 bits per heavy atom. The Morgan fingerprint density at radius 2 is 1.85 bits per heavy atom. The van der Waals surface area contributed by atoms with Gasteiger partial charge in [-0.3, -0.25) is 9.78 Å². The Morgan fingerprint density at radius 3 is 2.61 bits per heavy atom. The molecule has 0 bridgehead atoms. The van der Waals surface area contributed by atoms with Crippen LogP contribution >= 0.6 is 11.8 Å². The van der Waals surface area contributed by atoms with Crippen LogP contribution in [0.1, 0.15) is 24.9 Å². The summed E-state index contributed by atoms with van der Waals surface area (Å²) in [4.78, 5) is 22.4. The predicted molar refractivity (Wildman–Crippen MR) is 131 cm³/mol. The SMILES string of the molecule is CC[C@H](C(=O)Nc1cccc(OC)c1)n1c(SCc2cccc(OC)c2)nc2ccncc21. The van der Waals surface area contributed by atoms with Crippen molar-refractivity contribution >= 4 is 34.4 Å². The number of pyridine rings is 1. The van der Waals surface area contributed by atoms with Crippen LogP contribution in [0.2, 0.25) is 0 Å². The summed E-state index contributed by atoms with van der Waals surface area (Å²) < 4.78 is 12.6. The number of methoxy groups -OCH3 is 2. The third-order valence-corrected chi connectivity index (χ3v) is 6.32. The smallest absolute Gasteiger partial charge is 0.247 e. The lowest BCUT2D eigenvalue weighted by Crippen LogP contribution is -2.26. The average molecular weight is 463 g/mol. The number of hydrogen-bond acceptors (Lipinski definition) is 6. The second kappa shape index (κ2) is 10.4. The molecule has 1 N–H and O–H groups in total. The molecule has 0 aliphatic rings. The number of benzene rings is 2. The molecule has 0 fully saturated rings. The zero-order chi connectivity index (χ0) is 23.2. The van der Waals surface area contributed by atoms with Crippen LogP contribution in [0.15, 0.2) is 72.1 Å². The van der Waals surface area contributed by atoms with E-state index < -0.39 is 6.04 Å². The van der Waals surface area contributed by atoms with Crippen LogP contribution in [0.25, 0.3) is 11.0 Å². The van der Waals surface area contributed by atoms with Gasteiger partial charge in [-0.2, -0.15) is 0 Å². The van der Waals surface area contributed by atoms with Gasteiger partial charge in [-0.15, -0.1) is 0 Å². The minimum atomic E-state index is -0.446. The van der Waals surface area contributed by atoms with E-state index in [0.29, 0.717) is 23.6 Å². The molecule has 0 saturated carbocycles. The second-order valence-electron chi connectivity index (χ2n) is 7.41. The van der Waals surface area contributed by atoms with Crippen molar-refractivity contribution in [1.82, 2.24) is 14.5 Å². The van der Waals surface area contributed by atoms with Crippen LogP contribution in [-0.4, -0.2) is 34.7 Å². The first kappa shape index (κ1) is 22.7. The van der Waals surface area contributed by atoms with Crippen LogP contribution in [0.5, 0.6) is 11.5 Å². The molecular weight excluding hydrogens is 436 g/mol. The van der Waals surface area contributed by atoms with E-state index in [0.717, 1.165) is 27.5 Å². The van der Waals surface area contributed by atoms with Crippen LogP contribution < -0.4 is 14.8 Å². The highest BCUT2D eigenvalue weighted by molar-refractivity contribution is 7.98. The minimum Gasteiger partial charge on any atom is -0.497 e. The van der Waals surface area contributed by atoms with Gasteiger partial charge in [0.05, 0.1) is 31.4 Å². The van der Waals surface area contributed by atoms with Gasteiger partial charge in [-0.1, -0.05) is 36.9 Å². The molecule has 0 aliphatic heterocycles. The number of ether oxygens (including phenoxy) is 2. The highest BCUT2D eigenvalue weighted by atomic mass is 32.2. The molecule has 4 aromatic rings. The largest absolute Gasteiger partial charge is 0.497 e. The van der Waals surface area contributed by atoms with Gasteiger partial charge in [0, 0.05) is 23.7 Å². The van der Waals surface area contributed by atoms with E-state index in [9.17, 15) is 4.79 Å². The van der Waals surface area contributed by atoms with Crippen LogP contribution in [0, 0.1) is 0 Å². The van der Waals surface area contributed by atoms with Gasteiger partial charge in [0.15, 0.2) is 5.16 Å². The number of anilines is 1. The molecule has 8 heteroatoms. The van der Waals surface area contributed by atoms with Gasteiger partial charge < -0.3 is 19.4 Å². The van der Waals surface area contributed by atoms with E-state index in [2.05, 4.69) is 16.4 Å². The molecule has 7 nitrogen and oxygen atoms in total. The molecule has 4 rings (SSSR count). The quantitative estimate of drug-likeness (QED) is 0.339. The van der Waals surface area contributed by atoms with E-state index in [1.165, 1.54) is 0 Å². The van der Waals surface area contributed by atoms with E-state index >= 15 is 0 Å². The van der Waals surface area contributed by atoms with E-state index in [4.69, 9.17) is 14.5 Å². The first-order valence-electron chi connectivity index (χ1n) is 10.7. The molecule has 0 unspecified atom stereocenters. The lowest BCUT2D eigenvalue weighted by molar-refractivity contribution is -0.119. The number of amides is 1. The minimum absolute atomic E-state index is 0.114. The molecule has 2 aromatic carbocycles. The molecular formula is C25H26N4O3S. The molecule has 0 aliphatic carbocycles. The molecule has 170 valence electrons. The van der Waals surface area contributed by atoms with Crippen molar-refractivity contribution in [3.05, 3.63) is 72.6 Å². The summed E-state index contributed by atoms with van der Waals surface area (Å²) in [5.74, 6) is 2.08. The van der Waals surface area contributed by atoms with Gasteiger partial charge in [0.1, 0.15) is 17.5 Å². The molecule has 2 heterocycles. The first-order chi connectivity index (χ1) is 16.1. The zero-order valence-corrected chi connectivity index (χ0v) is 19.6. The first-order valence-corrected chi connectivity index (χ1v) is 11.6. The standard InChI is InChI=1S/C25H26N4O3S/c1-4-22(24(30)27-18-8-6-10-20(14-18)32-3)29-23-15-26-12-11-21(23)28-25(29)33-16-17-7-5-9-19(13-17)31-2/h5-15,22H,4,16H2,1-3H3,(H,27,30)/t22-/m1/s1. The topological polar surface area (TPSA) is 78.3 Å². The summed E-state index contributed by atoms with van der Waals surface area (Å²) in [7, 11) is 3.26. The zero-order valence-electron chi connectivity index (χ0n) is 18.8. The number of carbonyl (C=O) groups excluding carboxylic acids is 1. The molecule has 1 amide bonds. The summed E-state index contributed by atoms with van der Waals surface area (Å²) in [5.41, 5.74) is 3.44. The third-order valence-electron chi connectivity index (χ3n) is 5.30. The maximum atomic E-state index is 13.3. The van der Waals surface area contributed by atoms with Crippen molar-refractivity contribution in [2.24, 2.45) is 0 Å². The van der Waals surface area contributed by atoms with Crippen molar-refractivity contribution < 1.29 is 14.3 Å². The van der Waals surface area contributed by atoms with Crippen molar-refractivity contribution in [3.63, 3.8) is 0 Å². The van der Waals surface area contributed by atoms with Crippen LogP contribution in [-0.2, 0) is 10.5 Å². The van der Waals surface area contributed by atoms with Crippen molar-refractivity contribution in [2.75, 3.05) is 19.5 Å². The monoisotopic (exact) mass is 462 g/mol. The van der Waals surface area contributed by atoms with E-state index in [-0.39, 0.29) is 5.91 Å². The number of hydrogen-bond donors (Lipinski definition) is 1. The molecule has 0 saturated heterocycles. The van der Waals surface area contributed by atoms with Crippen LogP contribution in [0.3, 0.4) is 0 Å². The Balaban J connectivity index is 1.64. The second-order valence-corrected chi connectivity index (χ2v) is 8.36. The third kappa shape index (κ3) is 5.12. The van der Waals surface area contributed by atoms with Gasteiger partial charge in [0.2, 0.25) is 5.91 Å². The fourth-order valence-electron chi connectivity index (χ4n) is 3.64. The molecule has 1 atom stereocenters. The molecule has 0 radical (unpaired) electrons. The van der Waals surface area contributed by atoms with E-state index in [1.807, 2.05) is 54.0 Å². The summed E-state index contributed by atoms with van der Waals surface area (Å²) in [6.45, 7) is 1.99. The maximum Gasteiger partial charge on any atom is 0.247 e. The molecule has 2 aromatic heterocycles. The fourth-order valence-corrected chi connectivity index (χ4v) is 4.65. The Kier molecular flexibility index (Phi) is 7.14. The van der Waals surface area contributed by atoms with Gasteiger partial charge in [-0.25, -0.2) is 4.98 Å². The van der Waals surface area contributed by atoms with Gasteiger partial charge >= 0.3 is 0 Å². The van der Waals surface area contributed by atoms with Gasteiger partial charge in [-0.05, 0) is 42.3 Å². The maximum absolute atomic E-state index is 13.3. The summed E-state index contributed by atoms with van der Waals surface area (Å²) in [6.07, 6.45) is 4.08. The number of imidazole rings is 1. The van der Waals surface area contributed by atoms with Gasteiger partial charge in [0.25, 0.3) is 0 Å². The lowest BCUT2D eigenvalue weighted by Gasteiger charge is -2.20. The predicted octanol–water partition coefficient (Wildman–Crippen LogP) is 5.33. The number of nitrogens with zero attached hydrogens (tertiary/aromatic N) is 3. The number of rotatable bonds is 9. The Bertz CT molecular complexity index is 1260. The molecule has 0 spiro atoms. The van der Waals surface area contributed by atoms with Crippen molar-refractivity contribution in [1.29, 1.82) is 0 Å². The fraction of sp³-hybridized carbons (Fsp3) is 0.240. The summed E-state index contributed by atoms with van der Waals surface area (Å²) in [5, 5.41) is 3.79. The molecule has 33 heavy (non-hydrogen) atoms. The lowest BCUT2D eigenvalue weighted by atomic mass is 10.2. The highest BCUT2D eigenvalue weighted by Gasteiger charge is 2.25. The van der Waals surface area contributed by atoms with Crippen molar-refractivity contribution in [3.8, 4) is 11.5 Å². The average Bonchev–Trinajstić information content (AvgIpc) is 3.21. The van der Waals surface area contributed by atoms with Crippen molar-refractivity contribution in [2.45, 2.75) is 30.3 Å².